The van der Waals surface area contributed by atoms with Gasteiger partial charge in [0.05, 0.1) is 12.9 Å². The van der Waals surface area contributed by atoms with E-state index in [0.29, 0.717) is 22.9 Å². The minimum Gasteiger partial charge on any atom is -0.497 e. The Hall–Kier alpha value is -2.02. The molecular formula is C17H21N3O3S. The van der Waals surface area contributed by atoms with Crippen molar-refractivity contribution in [3.05, 3.63) is 24.3 Å². The molecular weight excluding hydrogens is 326 g/mol. The molecule has 0 spiro atoms. The summed E-state index contributed by atoms with van der Waals surface area (Å²) < 4.78 is 10.8. The first-order valence-corrected chi connectivity index (χ1v) is 9.06. The maximum absolute atomic E-state index is 12.3. The lowest BCUT2D eigenvalue weighted by atomic mass is 10.0. The lowest BCUT2D eigenvalue weighted by molar-refractivity contribution is -0.131. The van der Waals surface area contributed by atoms with Crippen molar-refractivity contribution in [3.63, 3.8) is 0 Å². The second-order valence-electron chi connectivity index (χ2n) is 5.82. The first kappa shape index (κ1) is 16.8. The third-order valence-corrected chi connectivity index (χ3v) is 4.99. The number of aromatic nitrogens is 2. The molecule has 1 aliphatic heterocycles. The quantitative estimate of drug-likeness (QED) is 0.774. The molecule has 0 saturated carbocycles. The van der Waals surface area contributed by atoms with Crippen molar-refractivity contribution in [1.29, 1.82) is 0 Å². The van der Waals surface area contributed by atoms with Crippen molar-refractivity contribution in [2.24, 2.45) is 0 Å². The molecule has 0 radical (unpaired) electrons. The van der Waals surface area contributed by atoms with Crippen LogP contribution in [0.1, 0.15) is 26.2 Å². The molecule has 3 rings (SSSR count). The molecule has 1 atom stereocenters. The second-order valence-corrected chi connectivity index (χ2v) is 6.75. The molecule has 1 aliphatic rings. The molecule has 1 aromatic heterocycles. The molecule has 2 heterocycles. The van der Waals surface area contributed by atoms with Crippen LogP contribution in [0.3, 0.4) is 0 Å². The van der Waals surface area contributed by atoms with E-state index >= 15 is 0 Å². The Morgan fingerprint density at radius 1 is 1.33 bits per heavy atom. The number of carbonyl (C=O) groups is 1. The van der Waals surface area contributed by atoms with Crippen LogP contribution in [0.4, 0.5) is 0 Å². The Morgan fingerprint density at radius 2 is 2.12 bits per heavy atom. The van der Waals surface area contributed by atoms with Gasteiger partial charge in [-0.05, 0) is 50.5 Å². The normalized spacial score (nSPS) is 17.8. The SMILES string of the molecule is COc1ccc(-c2nnc(SCC(=O)N3CCCC[C@@H]3C)o2)cc1. The molecule has 1 saturated heterocycles. The number of thioether (sulfide) groups is 1. The molecule has 0 N–H and O–H groups in total. The Morgan fingerprint density at radius 3 is 2.83 bits per heavy atom. The minimum absolute atomic E-state index is 0.136. The minimum atomic E-state index is 0.136. The van der Waals surface area contributed by atoms with Gasteiger partial charge in [-0.25, -0.2) is 0 Å². The second kappa shape index (κ2) is 7.70. The van der Waals surface area contributed by atoms with Gasteiger partial charge < -0.3 is 14.1 Å². The summed E-state index contributed by atoms with van der Waals surface area (Å²) >= 11 is 1.29. The highest BCUT2D eigenvalue weighted by Gasteiger charge is 2.23. The molecule has 7 heteroatoms. The van der Waals surface area contributed by atoms with E-state index in [1.54, 1.807) is 7.11 Å². The van der Waals surface area contributed by atoms with Gasteiger partial charge >= 0.3 is 0 Å². The van der Waals surface area contributed by atoms with Crippen LogP contribution >= 0.6 is 11.8 Å². The number of carbonyl (C=O) groups excluding carboxylic acids is 1. The number of piperidine rings is 1. The molecule has 128 valence electrons. The van der Waals surface area contributed by atoms with E-state index in [1.165, 1.54) is 18.2 Å². The number of rotatable bonds is 5. The van der Waals surface area contributed by atoms with Gasteiger partial charge in [0, 0.05) is 18.2 Å². The summed E-state index contributed by atoms with van der Waals surface area (Å²) in [4.78, 5) is 14.3. The number of amides is 1. The third-order valence-electron chi connectivity index (χ3n) is 4.19. The van der Waals surface area contributed by atoms with Gasteiger partial charge in [0.1, 0.15) is 5.75 Å². The number of nitrogens with zero attached hydrogens (tertiary/aromatic N) is 3. The molecule has 1 amide bonds. The molecule has 1 fully saturated rings. The Balaban J connectivity index is 1.58. The first-order chi connectivity index (χ1) is 11.7. The fourth-order valence-corrected chi connectivity index (χ4v) is 3.44. The largest absolute Gasteiger partial charge is 0.497 e. The zero-order valence-corrected chi connectivity index (χ0v) is 14.7. The molecule has 2 aromatic rings. The zero-order valence-electron chi connectivity index (χ0n) is 13.9. The van der Waals surface area contributed by atoms with Gasteiger partial charge in [0.25, 0.3) is 5.22 Å². The highest BCUT2D eigenvalue weighted by molar-refractivity contribution is 7.99. The number of methoxy groups -OCH3 is 1. The van der Waals surface area contributed by atoms with Gasteiger partial charge in [-0.2, -0.15) is 0 Å². The highest BCUT2D eigenvalue weighted by Crippen LogP contribution is 2.25. The van der Waals surface area contributed by atoms with Crippen LogP contribution in [0.5, 0.6) is 5.75 Å². The van der Waals surface area contributed by atoms with E-state index in [1.807, 2.05) is 29.2 Å². The van der Waals surface area contributed by atoms with Crippen molar-refractivity contribution < 1.29 is 13.9 Å². The predicted octanol–water partition coefficient (Wildman–Crippen LogP) is 3.24. The van der Waals surface area contributed by atoms with Crippen LogP contribution in [0.2, 0.25) is 0 Å². The summed E-state index contributed by atoms with van der Waals surface area (Å²) in [5.41, 5.74) is 0.825. The summed E-state index contributed by atoms with van der Waals surface area (Å²) in [5, 5.41) is 8.48. The summed E-state index contributed by atoms with van der Waals surface area (Å²) in [6, 6.07) is 7.73. The van der Waals surface area contributed by atoms with Gasteiger partial charge in [0.2, 0.25) is 11.8 Å². The van der Waals surface area contributed by atoms with Crippen LogP contribution in [-0.4, -0.2) is 46.5 Å². The monoisotopic (exact) mass is 347 g/mol. The number of hydrogen-bond acceptors (Lipinski definition) is 6. The van der Waals surface area contributed by atoms with Crippen molar-refractivity contribution in [2.75, 3.05) is 19.4 Å². The fourth-order valence-electron chi connectivity index (χ4n) is 2.79. The van der Waals surface area contributed by atoms with Crippen LogP contribution in [0.15, 0.2) is 33.9 Å². The highest BCUT2D eigenvalue weighted by atomic mass is 32.2. The number of benzene rings is 1. The van der Waals surface area contributed by atoms with Crippen molar-refractivity contribution in [3.8, 4) is 17.2 Å². The Labute approximate surface area is 145 Å². The molecule has 0 aliphatic carbocycles. The van der Waals surface area contributed by atoms with Crippen molar-refractivity contribution in [1.82, 2.24) is 15.1 Å². The van der Waals surface area contributed by atoms with E-state index in [0.717, 1.165) is 30.7 Å². The summed E-state index contributed by atoms with van der Waals surface area (Å²) in [6.07, 6.45) is 3.37. The van der Waals surface area contributed by atoms with Gasteiger partial charge in [-0.15, -0.1) is 10.2 Å². The first-order valence-electron chi connectivity index (χ1n) is 8.07. The number of hydrogen-bond donors (Lipinski definition) is 0. The predicted molar refractivity (Wildman–Crippen MR) is 92.0 cm³/mol. The van der Waals surface area contributed by atoms with E-state index in [-0.39, 0.29) is 5.91 Å². The summed E-state index contributed by atoms with van der Waals surface area (Å²) in [6.45, 7) is 2.96. The summed E-state index contributed by atoms with van der Waals surface area (Å²) in [7, 11) is 1.62. The average molecular weight is 347 g/mol. The molecule has 1 aromatic carbocycles. The maximum atomic E-state index is 12.3. The van der Waals surface area contributed by atoms with Gasteiger partial charge in [-0.3, -0.25) is 4.79 Å². The molecule has 0 bridgehead atoms. The zero-order chi connectivity index (χ0) is 16.9. The molecule has 0 unspecified atom stereocenters. The fraction of sp³-hybridized carbons (Fsp3) is 0.471. The average Bonchev–Trinajstić information content (AvgIpc) is 3.09. The van der Waals surface area contributed by atoms with E-state index in [9.17, 15) is 4.79 Å². The van der Waals surface area contributed by atoms with E-state index in [4.69, 9.17) is 9.15 Å². The number of ether oxygens (including phenoxy) is 1. The van der Waals surface area contributed by atoms with Gasteiger partial charge in [0.15, 0.2) is 0 Å². The van der Waals surface area contributed by atoms with Crippen LogP contribution in [0, 0.1) is 0 Å². The van der Waals surface area contributed by atoms with Crippen molar-refractivity contribution in [2.45, 2.75) is 37.5 Å². The third kappa shape index (κ3) is 3.90. The lowest BCUT2D eigenvalue weighted by Crippen LogP contribution is -2.42. The standard InChI is InChI=1S/C17H21N3O3S/c1-12-5-3-4-10-20(12)15(21)11-24-17-19-18-16(23-17)13-6-8-14(22-2)9-7-13/h6-9,12H,3-5,10-11H2,1-2H3/t12-/m0/s1. The van der Waals surface area contributed by atoms with Crippen LogP contribution < -0.4 is 4.74 Å². The van der Waals surface area contributed by atoms with Crippen LogP contribution in [0.25, 0.3) is 11.5 Å². The topological polar surface area (TPSA) is 68.5 Å². The molecule has 24 heavy (non-hydrogen) atoms. The number of likely N-dealkylation sites (tertiary alicyclic amines) is 1. The van der Waals surface area contributed by atoms with Crippen molar-refractivity contribution >= 4 is 17.7 Å². The smallest absolute Gasteiger partial charge is 0.277 e. The Bertz CT molecular complexity index is 687. The van der Waals surface area contributed by atoms with Gasteiger partial charge in [-0.1, -0.05) is 11.8 Å². The Kier molecular flexibility index (Phi) is 5.40. The molecule has 6 nitrogen and oxygen atoms in total. The van der Waals surface area contributed by atoms with E-state index in [2.05, 4.69) is 17.1 Å². The van der Waals surface area contributed by atoms with E-state index < -0.39 is 0 Å². The van der Waals surface area contributed by atoms with Crippen LogP contribution in [-0.2, 0) is 4.79 Å². The maximum Gasteiger partial charge on any atom is 0.277 e. The lowest BCUT2D eigenvalue weighted by Gasteiger charge is -2.33. The summed E-state index contributed by atoms with van der Waals surface area (Å²) in [5.74, 6) is 1.68.